The number of hydrogen-bond acceptors (Lipinski definition) is 1. The van der Waals surface area contributed by atoms with Gasteiger partial charge in [-0.05, 0) is 36.7 Å². The Kier molecular flexibility index (Phi) is 2.59. The molecule has 3 rings (SSSR count). The van der Waals surface area contributed by atoms with Gasteiger partial charge < -0.3 is 10.3 Å². The zero-order chi connectivity index (χ0) is 11.8. The van der Waals surface area contributed by atoms with E-state index >= 15 is 0 Å². The molecule has 0 radical (unpaired) electrons. The second-order valence-electron chi connectivity index (χ2n) is 4.55. The number of rotatable bonds is 1. The third-order valence-electron chi connectivity index (χ3n) is 3.47. The van der Waals surface area contributed by atoms with Crippen LogP contribution in [0.4, 0.5) is 8.78 Å². The Morgan fingerprint density at radius 1 is 1.29 bits per heavy atom. The molecule has 1 unspecified atom stereocenters. The van der Waals surface area contributed by atoms with Gasteiger partial charge in [0.05, 0.1) is 0 Å². The minimum Gasteiger partial charge on any atom is -0.361 e. The maximum atomic E-state index is 13.9. The molecule has 2 aromatic rings. The fourth-order valence-corrected chi connectivity index (χ4v) is 2.56. The van der Waals surface area contributed by atoms with Crippen LogP contribution in [0, 0.1) is 5.82 Å². The molecule has 2 nitrogen and oxygen atoms in total. The van der Waals surface area contributed by atoms with Crippen LogP contribution < -0.4 is 5.32 Å². The van der Waals surface area contributed by atoms with Crippen molar-refractivity contribution in [2.75, 3.05) is 13.1 Å². The summed E-state index contributed by atoms with van der Waals surface area (Å²) in [6.45, 7) is 1.38. The summed E-state index contributed by atoms with van der Waals surface area (Å²) in [4.78, 5) is 3.01. The lowest BCUT2D eigenvalue weighted by molar-refractivity contribution is 0.229. The molecule has 4 heteroatoms. The van der Waals surface area contributed by atoms with Crippen LogP contribution >= 0.6 is 0 Å². The van der Waals surface area contributed by atoms with Gasteiger partial charge in [0.15, 0.2) is 0 Å². The maximum Gasteiger partial charge on any atom is 0.125 e. The molecule has 1 fully saturated rings. The molecule has 0 spiro atoms. The Balaban J connectivity index is 2.05. The summed E-state index contributed by atoms with van der Waals surface area (Å²) >= 11 is 0. The molecular formula is C13H14F2N2. The molecule has 17 heavy (non-hydrogen) atoms. The third-order valence-corrected chi connectivity index (χ3v) is 3.47. The lowest BCUT2D eigenvalue weighted by atomic mass is 9.90. The Morgan fingerprint density at radius 2 is 2.18 bits per heavy atom. The lowest BCUT2D eigenvalue weighted by Gasteiger charge is -2.26. The Labute approximate surface area is 98.0 Å². The van der Waals surface area contributed by atoms with E-state index in [1.54, 1.807) is 12.3 Å². The van der Waals surface area contributed by atoms with E-state index in [0.29, 0.717) is 13.0 Å². The van der Waals surface area contributed by atoms with Crippen molar-refractivity contribution in [1.29, 1.82) is 0 Å². The number of hydrogen-bond donors (Lipinski definition) is 2. The van der Waals surface area contributed by atoms with E-state index in [-0.39, 0.29) is 11.7 Å². The van der Waals surface area contributed by atoms with E-state index < -0.39 is 6.17 Å². The highest BCUT2D eigenvalue weighted by Crippen LogP contribution is 2.32. The van der Waals surface area contributed by atoms with E-state index in [1.165, 1.54) is 12.1 Å². The normalized spacial score (nSPS) is 25.3. The molecule has 2 N–H and O–H groups in total. The molecular weight excluding hydrogens is 222 g/mol. The molecule has 1 aromatic carbocycles. The van der Waals surface area contributed by atoms with Crippen molar-refractivity contribution >= 4 is 10.9 Å². The van der Waals surface area contributed by atoms with Crippen LogP contribution in [0.2, 0.25) is 0 Å². The number of fused-ring (bicyclic) bond motifs is 1. The van der Waals surface area contributed by atoms with Crippen LogP contribution in [0.5, 0.6) is 0 Å². The summed E-state index contributed by atoms with van der Waals surface area (Å²) in [5.74, 6) is -0.410. The van der Waals surface area contributed by atoms with Gasteiger partial charge in [-0.25, -0.2) is 8.78 Å². The number of alkyl halides is 1. The third kappa shape index (κ3) is 1.82. The Morgan fingerprint density at radius 3 is 3.00 bits per heavy atom. The second kappa shape index (κ2) is 4.11. The topological polar surface area (TPSA) is 27.8 Å². The molecule has 2 heterocycles. The molecule has 2 atom stereocenters. The van der Waals surface area contributed by atoms with Gasteiger partial charge in [0.2, 0.25) is 0 Å². The van der Waals surface area contributed by atoms with Gasteiger partial charge in [-0.2, -0.15) is 0 Å². The van der Waals surface area contributed by atoms with Gasteiger partial charge in [0.1, 0.15) is 12.0 Å². The summed E-state index contributed by atoms with van der Waals surface area (Å²) in [6, 6.07) is 4.59. The largest absolute Gasteiger partial charge is 0.361 e. The zero-order valence-corrected chi connectivity index (χ0v) is 9.34. The number of benzene rings is 1. The quantitative estimate of drug-likeness (QED) is 0.782. The molecule has 1 aliphatic heterocycles. The van der Waals surface area contributed by atoms with Crippen molar-refractivity contribution in [3.8, 4) is 0 Å². The molecule has 90 valence electrons. The number of piperidine rings is 1. The van der Waals surface area contributed by atoms with Gasteiger partial charge in [0.25, 0.3) is 0 Å². The second-order valence-corrected chi connectivity index (χ2v) is 4.55. The monoisotopic (exact) mass is 236 g/mol. The minimum atomic E-state index is -0.819. The molecule has 0 bridgehead atoms. The first-order valence-electron chi connectivity index (χ1n) is 5.87. The first kappa shape index (κ1) is 10.7. The molecule has 1 aliphatic rings. The van der Waals surface area contributed by atoms with E-state index in [1.807, 2.05) is 0 Å². The number of nitrogens with one attached hydrogen (secondary N) is 2. The van der Waals surface area contributed by atoms with Crippen molar-refractivity contribution in [2.45, 2.75) is 18.5 Å². The average molecular weight is 236 g/mol. The standard InChI is InChI=1S/C13H14F2N2/c14-8-1-2-9-10(7-17-13(9)5-8)11-6-16-4-3-12(11)15/h1-2,5,7,11-12,16-17H,3-4,6H2/t11?,12-/m1/s1. The van der Waals surface area contributed by atoms with Crippen LogP contribution in [0.3, 0.4) is 0 Å². The van der Waals surface area contributed by atoms with Crippen molar-refractivity contribution in [3.05, 3.63) is 35.8 Å². The van der Waals surface area contributed by atoms with Crippen molar-refractivity contribution in [3.63, 3.8) is 0 Å². The first-order valence-corrected chi connectivity index (χ1v) is 5.87. The van der Waals surface area contributed by atoms with Gasteiger partial charge >= 0.3 is 0 Å². The van der Waals surface area contributed by atoms with Gasteiger partial charge in [-0.1, -0.05) is 0 Å². The molecule has 0 amide bonds. The molecule has 1 saturated heterocycles. The summed E-state index contributed by atoms with van der Waals surface area (Å²) in [5.41, 5.74) is 1.68. The zero-order valence-electron chi connectivity index (χ0n) is 9.34. The van der Waals surface area contributed by atoms with Crippen LogP contribution in [0.25, 0.3) is 10.9 Å². The van der Waals surface area contributed by atoms with E-state index in [0.717, 1.165) is 23.0 Å². The van der Waals surface area contributed by atoms with Crippen LogP contribution in [-0.4, -0.2) is 24.2 Å². The van der Waals surface area contributed by atoms with Gasteiger partial charge in [-0.15, -0.1) is 0 Å². The van der Waals surface area contributed by atoms with Crippen LogP contribution in [0.1, 0.15) is 17.9 Å². The van der Waals surface area contributed by atoms with Gasteiger partial charge in [0, 0.05) is 29.6 Å². The molecule has 0 saturated carbocycles. The van der Waals surface area contributed by atoms with Crippen LogP contribution in [-0.2, 0) is 0 Å². The molecule has 1 aromatic heterocycles. The van der Waals surface area contributed by atoms with Gasteiger partial charge in [-0.3, -0.25) is 0 Å². The van der Waals surface area contributed by atoms with Crippen LogP contribution in [0.15, 0.2) is 24.4 Å². The number of aromatic amines is 1. The van der Waals surface area contributed by atoms with Crippen molar-refractivity contribution in [2.24, 2.45) is 0 Å². The van der Waals surface area contributed by atoms with E-state index in [9.17, 15) is 8.78 Å². The predicted octanol–water partition coefficient (Wildman–Crippen LogP) is 2.72. The number of H-pyrrole nitrogens is 1. The smallest absolute Gasteiger partial charge is 0.125 e. The highest BCUT2D eigenvalue weighted by atomic mass is 19.1. The Hall–Kier alpha value is -1.42. The summed E-state index contributed by atoms with van der Waals surface area (Å²) in [6.07, 6.45) is 1.52. The highest BCUT2D eigenvalue weighted by molar-refractivity contribution is 5.83. The van der Waals surface area contributed by atoms with Crippen molar-refractivity contribution < 1.29 is 8.78 Å². The summed E-state index contributed by atoms with van der Waals surface area (Å²) < 4.78 is 26.9. The maximum absolute atomic E-state index is 13.9. The first-order chi connectivity index (χ1) is 8.25. The van der Waals surface area contributed by atoms with Crippen molar-refractivity contribution in [1.82, 2.24) is 10.3 Å². The van der Waals surface area contributed by atoms with E-state index in [2.05, 4.69) is 10.3 Å². The lowest BCUT2D eigenvalue weighted by Crippen LogP contribution is -2.36. The average Bonchev–Trinajstić information content (AvgIpc) is 2.72. The predicted molar refractivity (Wildman–Crippen MR) is 63.4 cm³/mol. The number of halogens is 2. The minimum absolute atomic E-state index is 0.136. The molecule has 0 aliphatic carbocycles. The summed E-state index contributed by atoms with van der Waals surface area (Å²) in [5, 5.41) is 4.12. The highest BCUT2D eigenvalue weighted by Gasteiger charge is 2.27. The Bertz CT molecular complexity index is 535. The SMILES string of the molecule is Fc1ccc2c(C3CNCC[C@H]3F)c[nH]c2c1. The van der Waals surface area contributed by atoms with E-state index in [4.69, 9.17) is 0 Å². The fourth-order valence-electron chi connectivity index (χ4n) is 2.56. The summed E-state index contributed by atoms with van der Waals surface area (Å²) in [7, 11) is 0. The number of aromatic nitrogens is 1. The fraction of sp³-hybridized carbons (Fsp3) is 0.385.